The number of primary amides is 1. The second kappa shape index (κ2) is 9.75. The first-order chi connectivity index (χ1) is 16.8. The Morgan fingerprint density at radius 2 is 1.83 bits per heavy atom. The minimum Gasteiger partial charge on any atom is -0.393 e. The van der Waals surface area contributed by atoms with Gasteiger partial charge in [0.05, 0.1) is 28.0 Å². The van der Waals surface area contributed by atoms with Gasteiger partial charge in [-0.25, -0.2) is 14.4 Å². The molecule has 12 heteroatoms. The molecule has 2 aromatic heterocycles. The molecule has 1 amide bonds. The van der Waals surface area contributed by atoms with E-state index >= 15 is 0 Å². The molecule has 1 aromatic carbocycles. The highest BCUT2D eigenvalue weighted by Crippen LogP contribution is 2.39. The van der Waals surface area contributed by atoms with Crippen LogP contribution in [0.2, 0.25) is 10.0 Å². The molecule has 5 rings (SSSR count). The van der Waals surface area contributed by atoms with Gasteiger partial charge in [0.2, 0.25) is 17.8 Å². The molecular formula is C23H26Cl2FN7O2. The Kier molecular flexibility index (Phi) is 6.69. The highest BCUT2D eigenvalue weighted by Gasteiger charge is 2.30. The molecule has 35 heavy (non-hydrogen) atoms. The molecule has 0 unspecified atom stereocenters. The topological polar surface area (TPSA) is 131 Å². The number of nitrogens with two attached hydrogens (primary N) is 1. The van der Waals surface area contributed by atoms with Crippen LogP contribution in [0.3, 0.4) is 0 Å². The first-order valence-corrected chi connectivity index (χ1v) is 12.4. The van der Waals surface area contributed by atoms with Gasteiger partial charge in [0.25, 0.3) is 0 Å². The number of hydrogen-bond donors (Lipinski definition) is 4. The summed E-state index contributed by atoms with van der Waals surface area (Å²) in [7, 11) is 0. The van der Waals surface area contributed by atoms with Gasteiger partial charge in [0.15, 0.2) is 5.65 Å². The highest BCUT2D eigenvalue weighted by molar-refractivity contribution is 6.39. The quantitative estimate of drug-likeness (QED) is 0.373. The Labute approximate surface area is 211 Å². The maximum Gasteiger partial charge on any atom is 0.224 e. The Hall–Kier alpha value is -2.69. The van der Waals surface area contributed by atoms with Crippen LogP contribution >= 0.6 is 23.2 Å². The maximum absolute atomic E-state index is 13.7. The summed E-state index contributed by atoms with van der Waals surface area (Å²) in [5.41, 5.74) is 7.04. The van der Waals surface area contributed by atoms with Crippen molar-refractivity contribution in [1.82, 2.24) is 19.5 Å². The van der Waals surface area contributed by atoms with Crippen molar-refractivity contribution in [3.8, 4) is 0 Å². The van der Waals surface area contributed by atoms with Gasteiger partial charge in [0, 0.05) is 18.0 Å². The molecule has 186 valence electrons. The number of fused-ring (bicyclic) bond motifs is 1. The van der Waals surface area contributed by atoms with E-state index in [-0.39, 0.29) is 40.1 Å². The number of halogens is 3. The number of hydrogen-bond acceptors (Lipinski definition) is 7. The molecule has 2 fully saturated rings. The molecule has 0 spiro atoms. The number of carbonyl (C=O) groups excluding carboxylic acids is 1. The zero-order chi connectivity index (χ0) is 24.7. The third kappa shape index (κ3) is 5.00. The number of imidazole rings is 1. The number of rotatable bonds is 6. The third-order valence-electron chi connectivity index (χ3n) is 6.88. The summed E-state index contributed by atoms with van der Waals surface area (Å²) in [6.07, 6.45) is 6.29. The van der Waals surface area contributed by atoms with Crippen LogP contribution in [-0.2, 0) is 4.79 Å². The minimum absolute atomic E-state index is 0.00727. The summed E-state index contributed by atoms with van der Waals surface area (Å²) < 4.78 is 15.7. The van der Waals surface area contributed by atoms with Crippen LogP contribution in [0.5, 0.6) is 0 Å². The number of anilines is 3. The van der Waals surface area contributed by atoms with E-state index in [1.54, 1.807) is 6.20 Å². The number of aliphatic hydroxyl groups is 1. The molecule has 0 bridgehead atoms. The van der Waals surface area contributed by atoms with Crippen LogP contribution in [-0.4, -0.2) is 42.7 Å². The average molecular weight is 522 g/mol. The van der Waals surface area contributed by atoms with E-state index in [1.165, 1.54) is 12.1 Å². The summed E-state index contributed by atoms with van der Waals surface area (Å²) in [5.74, 6) is -0.0788. The van der Waals surface area contributed by atoms with E-state index < -0.39 is 5.82 Å². The Morgan fingerprint density at radius 1 is 1.11 bits per heavy atom. The fraction of sp³-hybridized carbons (Fsp3) is 0.478. The molecule has 2 saturated carbocycles. The van der Waals surface area contributed by atoms with Crippen molar-refractivity contribution in [2.75, 3.05) is 10.6 Å². The summed E-state index contributed by atoms with van der Waals surface area (Å²) in [4.78, 5) is 25.5. The summed E-state index contributed by atoms with van der Waals surface area (Å²) in [6, 6.07) is 2.45. The van der Waals surface area contributed by atoms with E-state index in [2.05, 4.69) is 20.6 Å². The van der Waals surface area contributed by atoms with Crippen molar-refractivity contribution in [1.29, 1.82) is 0 Å². The highest BCUT2D eigenvalue weighted by atomic mass is 35.5. The largest absolute Gasteiger partial charge is 0.393 e. The van der Waals surface area contributed by atoms with Crippen LogP contribution in [0.4, 0.5) is 22.0 Å². The number of carbonyl (C=O) groups is 1. The van der Waals surface area contributed by atoms with Crippen molar-refractivity contribution >= 4 is 57.9 Å². The first-order valence-electron chi connectivity index (χ1n) is 11.7. The van der Waals surface area contributed by atoms with Crippen LogP contribution in [0.15, 0.2) is 18.3 Å². The Balaban J connectivity index is 1.52. The monoisotopic (exact) mass is 521 g/mol. The molecule has 2 heterocycles. The van der Waals surface area contributed by atoms with Gasteiger partial charge in [-0.05, 0) is 57.1 Å². The van der Waals surface area contributed by atoms with Crippen molar-refractivity contribution in [3.63, 3.8) is 0 Å². The lowest BCUT2D eigenvalue weighted by Gasteiger charge is -2.29. The molecule has 9 nitrogen and oxygen atoms in total. The van der Waals surface area contributed by atoms with E-state index in [0.29, 0.717) is 60.9 Å². The van der Waals surface area contributed by atoms with Crippen molar-refractivity contribution in [2.24, 2.45) is 11.7 Å². The van der Waals surface area contributed by atoms with Gasteiger partial charge >= 0.3 is 0 Å². The van der Waals surface area contributed by atoms with Crippen LogP contribution in [0, 0.1) is 11.7 Å². The standard InChI is InChI=1S/C23H26Cl2FN7O2/c24-16-7-12(26)8-17(25)19(16)31-23-30-18-10-28-22(29-13-3-6-15(34)9-13)32-21(18)33(23)14-4-1-11(2-5-14)20(27)35/h7-8,10-11,13-15,34H,1-6,9H2,(H2,27,35)(H,30,31)(H,28,29,32)/t11-,13-,14+,15-/m1/s1. The van der Waals surface area contributed by atoms with Gasteiger partial charge in [-0.15, -0.1) is 0 Å². The SMILES string of the molecule is NC(=O)[C@H]1CC[C@@H](n2c(Nc3c(Cl)cc(F)cc3Cl)nc3cnc(N[C@@H]4CC[C@@H](O)C4)nc32)CC1. The van der Waals surface area contributed by atoms with E-state index in [9.17, 15) is 14.3 Å². The molecule has 0 aliphatic heterocycles. The van der Waals surface area contributed by atoms with Crippen molar-refractivity contribution in [2.45, 2.75) is 63.1 Å². The van der Waals surface area contributed by atoms with E-state index in [0.717, 1.165) is 12.8 Å². The zero-order valence-corrected chi connectivity index (χ0v) is 20.4. The summed E-state index contributed by atoms with van der Waals surface area (Å²) in [5, 5.41) is 16.6. The molecule has 3 aromatic rings. The number of aliphatic hydroxyl groups excluding tert-OH is 1. The fourth-order valence-corrected chi connectivity index (χ4v) is 5.61. The lowest BCUT2D eigenvalue weighted by molar-refractivity contribution is -0.122. The van der Waals surface area contributed by atoms with Gasteiger partial charge in [0.1, 0.15) is 11.3 Å². The molecular weight excluding hydrogens is 496 g/mol. The van der Waals surface area contributed by atoms with Gasteiger partial charge < -0.3 is 21.5 Å². The van der Waals surface area contributed by atoms with Crippen LogP contribution in [0.1, 0.15) is 51.0 Å². The van der Waals surface area contributed by atoms with Crippen LogP contribution < -0.4 is 16.4 Å². The second-order valence-electron chi connectivity index (χ2n) is 9.29. The Bertz CT molecular complexity index is 1240. The second-order valence-corrected chi connectivity index (χ2v) is 10.1. The number of benzene rings is 1. The number of amides is 1. The van der Waals surface area contributed by atoms with Crippen molar-refractivity contribution < 1.29 is 14.3 Å². The number of nitrogens with zero attached hydrogens (tertiary/aromatic N) is 4. The van der Waals surface area contributed by atoms with E-state index in [4.69, 9.17) is 33.9 Å². The number of aromatic nitrogens is 4. The van der Waals surface area contributed by atoms with Gasteiger partial charge in [-0.3, -0.25) is 9.36 Å². The smallest absolute Gasteiger partial charge is 0.224 e. The molecule has 5 N–H and O–H groups in total. The third-order valence-corrected chi connectivity index (χ3v) is 7.48. The summed E-state index contributed by atoms with van der Waals surface area (Å²) in [6.45, 7) is 0. The predicted molar refractivity (Wildman–Crippen MR) is 132 cm³/mol. The minimum atomic E-state index is -0.539. The average Bonchev–Trinajstić information content (AvgIpc) is 3.38. The number of nitrogens with one attached hydrogen (secondary N) is 2. The predicted octanol–water partition coefficient (Wildman–Crippen LogP) is 4.56. The molecule has 2 atom stereocenters. The molecule has 0 saturated heterocycles. The zero-order valence-electron chi connectivity index (χ0n) is 18.8. The molecule has 2 aliphatic rings. The lowest BCUT2D eigenvalue weighted by Crippen LogP contribution is -2.29. The first kappa shape index (κ1) is 24.0. The lowest BCUT2D eigenvalue weighted by atomic mass is 9.85. The molecule has 0 radical (unpaired) electrons. The summed E-state index contributed by atoms with van der Waals surface area (Å²) >= 11 is 12.5. The van der Waals surface area contributed by atoms with Gasteiger partial charge in [-0.2, -0.15) is 4.98 Å². The maximum atomic E-state index is 13.7. The Morgan fingerprint density at radius 3 is 2.46 bits per heavy atom. The van der Waals surface area contributed by atoms with Gasteiger partial charge in [-0.1, -0.05) is 23.2 Å². The van der Waals surface area contributed by atoms with E-state index in [1.807, 2.05) is 4.57 Å². The fourth-order valence-electron chi connectivity index (χ4n) is 5.06. The molecule has 2 aliphatic carbocycles. The normalized spacial score (nSPS) is 24.6. The van der Waals surface area contributed by atoms with Crippen LogP contribution in [0.25, 0.3) is 11.2 Å². The van der Waals surface area contributed by atoms with Crippen molar-refractivity contribution in [3.05, 3.63) is 34.2 Å².